The molecule has 0 radical (unpaired) electrons. The van der Waals surface area contributed by atoms with Gasteiger partial charge in [0.1, 0.15) is 0 Å². The molecule has 0 amide bonds. The molecule has 1 saturated heterocycles. The lowest BCUT2D eigenvalue weighted by Crippen LogP contribution is -2.31. The molecule has 26 heavy (non-hydrogen) atoms. The third-order valence-corrected chi connectivity index (χ3v) is 6.56. The molecule has 0 aliphatic carbocycles. The van der Waals surface area contributed by atoms with E-state index in [2.05, 4.69) is 15.1 Å². The minimum absolute atomic E-state index is 0.0472. The van der Waals surface area contributed by atoms with Crippen LogP contribution < -0.4 is 0 Å². The van der Waals surface area contributed by atoms with Crippen LogP contribution in [0.5, 0.6) is 0 Å². The second-order valence-corrected chi connectivity index (χ2v) is 9.39. The molecule has 0 saturated carbocycles. The molecule has 1 aromatic carbocycles. The second kappa shape index (κ2) is 7.64. The van der Waals surface area contributed by atoms with Crippen LogP contribution in [0.4, 0.5) is 0 Å². The molecule has 1 aliphatic heterocycles. The van der Waals surface area contributed by atoms with Crippen LogP contribution in [-0.2, 0) is 15.8 Å². The van der Waals surface area contributed by atoms with Crippen LogP contribution in [0.1, 0.15) is 23.3 Å². The molecule has 2 atom stereocenters. The van der Waals surface area contributed by atoms with E-state index in [0.29, 0.717) is 29.9 Å². The summed E-state index contributed by atoms with van der Waals surface area (Å²) in [7, 11) is 0.500. The van der Waals surface area contributed by atoms with Crippen LogP contribution in [0.2, 0.25) is 5.02 Å². The van der Waals surface area contributed by atoms with Gasteiger partial charge in [-0.1, -0.05) is 23.7 Å². The quantitative estimate of drug-likeness (QED) is 0.741. The average molecular weight is 399 g/mol. The number of aryl methyl sites for hydroxylation is 1. The van der Waals surface area contributed by atoms with E-state index < -0.39 is 10.0 Å². The van der Waals surface area contributed by atoms with Crippen molar-refractivity contribution in [3.63, 3.8) is 0 Å². The highest BCUT2D eigenvalue weighted by molar-refractivity contribution is 7.88. The van der Waals surface area contributed by atoms with Gasteiger partial charge in [0, 0.05) is 31.6 Å². The Kier molecular flexibility index (Phi) is 5.67. The number of hydrogen-bond acceptors (Lipinski definition) is 6. The van der Waals surface area contributed by atoms with Crippen molar-refractivity contribution < 1.29 is 12.8 Å². The van der Waals surface area contributed by atoms with E-state index in [4.69, 9.17) is 16.0 Å². The van der Waals surface area contributed by atoms with Crippen molar-refractivity contribution >= 4 is 21.6 Å². The molecule has 2 aromatic rings. The van der Waals surface area contributed by atoms with Gasteiger partial charge < -0.3 is 9.32 Å². The highest BCUT2D eigenvalue weighted by Gasteiger charge is 2.42. The summed E-state index contributed by atoms with van der Waals surface area (Å²) in [6.07, 6.45) is 0. The molecule has 0 bridgehead atoms. The number of sulfonamides is 1. The molecule has 0 spiro atoms. The van der Waals surface area contributed by atoms with Crippen molar-refractivity contribution in [3.8, 4) is 0 Å². The zero-order valence-corrected chi connectivity index (χ0v) is 16.7. The number of hydrogen-bond donors (Lipinski definition) is 0. The maximum absolute atomic E-state index is 12.9. The summed E-state index contributed by atoms with van der Waals surface area (Å²) in [5.41, 5.74) is 0.718. The average Bonchev–Trinajstić information content (AvgIpc) is 3.15. The minimum Gasteiger partial charge on any atom is -0.425 e. The minimum atomic E-state index is -3.45. The standard InChI is InChI=1S/C17H23ClN4O3S/c1-12-19-20-17(25-12)16-10-22(9-14(16)8-21(2)3)26(23,24)11-13-4-6-15(18)7-5-13/h4-7,14,16H,8-11H2,1-3H3/t14-,16-/m0/s1. The summed E-state index contributed by atoms with van der Waals surface area (Å²) in [6, 6.07) is 6.89. The highest BCUT2D eigenvalue weighted by Crippen LogP contribution is 2.34. The Morgan fingerprint density at radius 2 is 1.92 bits per heavy atom. The number of nitrogens with zero attached hydrogens (tertiary/aromatic N) is 4. The van der Waals surface area contributed by atoms with E-state index >= 15 is 0 Å². The molecule has 9 heteroatoms. The lowest BCUT2D eigenvalue weighted by Gasteiger charge is -2.19. The van der Waals surface area contributed by atoms with Gasteiger partial charge in [-0.2, -0.15) is 0 Å². The summed E-state index contributed by atoms with van der Waals surface area (Å²) >= 11 is 5.88. The Morgan fingerprint density at radius 3 is 2.50 bits per heavy atom. The molecule has 1 aliphatic rings. The van der Waals surface area contributed by atoms with Crippen LogP contribution in [0, 0.1) is 12.8 Å². The number of rotatable bonds is 6. The Balaban J connectivity index is 1.80. The van der Waals surface area contributed by atoms with Crippen molar-refractivity contribution in [2.24, 2.45) is 5.92 Å². The molecular formula is C17H23ClN4O3S. The smallest absolute Gasteiger partial charge is 0.221 e. The maximum Gasteiger partial charge on any atom is 0.221 e. The lowest BCUT2D eigenvalue weighted by molar-refractivity contribution is 0.297. The lowest BCUT2D eigenvalue weighted by atomic mass is 9.96. The normalized spacial score (nSPS) is 21.6. The van der Waals surface area contributed by atoms with Crippen LogP contribution in [0.25, 0.3) is 0 Å². The first-order valence-electron chi connectivity index (χ1n) is 8.41. The van der Waals surface area contributed by atoms with Gasteiger partial charge in [0.25, 0.3) is 0 Å². The van der Waals surface area contributed by atoms with Crippen LogP contribution in [0.15, 0.2) is 28.7 Å². The van der Waals surface area contributed by atoms with E-state index in [-0.39, 0.29) is 17.6 Å². The van der Waals surface area contributed by atoms with Gasteiger partial charge in [0.05, 0.1) is 11.7 Å². The van der Waals surface area contributed by atoms with Gasteiger partial charge >= 0.3 is 0 Å². The fourth-order valence-corrected chi connectivity index (χ4v) is 5.07. The third kappa shape index (κ3) is 4.43. The largest absolute Gasteiger partial charge is 0.425 e. The molecule has 0 N–H and O–H groups in total. The fourth-order valence-electron chi connectivity index (χ4n) is 3.34. The van der Waals surface area contributed by atoms with Gasteiger partial charge in [0.2, 0.25) is 21.8 Å². The predicted molar refractivity (Wildman–Crippen MR) is 99.5 cm³/mol. The SMILES string of the molecule is Cc1nnc([C@H]2CN(S(=O)(=O)Cc3ccc(Cl)cc3)C[C@@H]2CN(C)C)o1. The zero-order valence-electron chi connectivity index (χ0n) is 15.1. The van der Waals surface area contributed by atoms with E-state index in [1.54, 1.807) is 35.5 Å². The molecule has 2 heterocycles. The van der Waals surface area contributed by atoms with Gasteiger partial charge in [-0.15, -0.1) is 10.2 Å². The van der Waals surface area contributed by atoms with Crippen LogP contribution in [0.3, 0.4) is 0 Å². The van der Waals surface area contributed by atoms with Crippen molar-refractivity contribution in [2.45, 2.75) is 18.6 Å². The van der Waals surface area contributed by atoms with Crippen molar-refractivity contribution in [2.75, 3.05) is 33.7 Å². The molecule has 1 aromatic heterocycles. The molecule has 0 unspecified atom stereocenters. The third-order valence-electron chi connectivity index (χ3n) is 4.52. The maximum atomic E-state index is 12.9. The Morgan fingerprint density at radius 1 is 1.23 bits per heavy atom. The predicted octanol–water partition coefficient (Wildman–Crippen LogP) is 2.14. The summed E-state index contributed by atoms with van der Waals surface area (Å²) < 4.78 is 33.0. The highest BCUT2D eigenvalue weighted by atomic mass is 35.5. The topological polar surface area (TPSA) is 79.5 Å². The van der Waals surface area contributed by atoms with Crippen LogP contribution >= 0.6 is 11.6 Å². The van der Waals surface area contributed by atoms with E-state index in [0.717, 1.165) is 12.1 Å². The second-order valence-electron chi connectivity index (χ2n) is 6.99. The molecule has 1 fully saturated rings. The van der Waals surface area contributed by atoms with E-state index in [1.807, 2.05) is 14.1 Å². The van der Waals surface area contributed by atoms with Gasteiger partial charge in [-0.05, 0) is 37.7 Å². The van der Waals surface area contributed by atoms with Gasteiger partial charge in [-0.3, -0.25) is 0 Å². The summed E-state index contributed by atoms with van der Waals surface area (Å²) in [5, 5.41) is 8.61. The molecule has 142 valence electrons. The molecule has 3 rings (SSSR count). The molecular weight excluding hydrogens is 376 g/mol. The zero-order chi connectivity index (χ0) is 18.9. The first-order chi connectivity index (χ1) is 12.2. The fraction of sp³-hybridized carbons (Fsp3) is 0.529. The van der Waals surface area contributed by atoms with Crippen LogP contribution in [-0.4, -0.2) is 61.5 Å². The Hall–Kier alpha value is -1.48. The Labute approximate surface area is 159 Å². The van der Waals surface area contributed by atoms with Gasteiger partial charge in [0.15, 0.2) is 0 Å². The summed E-state index contributed by atoms with van der Waals surface area (Å²) in [4.78, 5) is 2.05. The van der Waals surface area contributed by atoms with Crippen molar-refractivity contribution in [3.05, 3.63) is 46.6 Å². The first-order valence-corrected chi connectivity index (χ1v) is 10.4. The van der Waals surface area contributed by atoms with E-state index in [1.165, 1.54) is 0 Å². The Bertz CT molecular complexity index is 851. The molecule has 7 nitrogen and oxygen atoms in total. The summed E-state index contributed by atoms with van der Waals surface area (Å²) in [6.45, 7) is 3.29. The van der Waals surface area contributed by atoms with E-state index in [9.17, 15) is 8.42 Å². The number of halogens is 1. The summed E-state index contributed by atoms with van der Waals surface area (Å²) in [5.74, 6) is 0.960. The van der Waals surface area contributed by atoms with Crippen molar-refractivity contribution in [1.82, 2.24) is 19.4 Å². The number of benzene rings is 1. The number of aromatic nitrogens is 2. The first kappa shape index (κ1) is 19.3. The van der Waals surface area contributed by atoms with Gasteiger partial charge in [-0.25, -0.2) is 12.7 Å². The van der Waals surface area contributed by atoms with Crippen molar-refractivity contribution in [1.29, 1.82) is 0 Å². The monoisotopic (exact) mass is 398 g/mol.